The van der Waals surface area contributed by atoms with E-state index in [1.807, 2.05) is 18.2 Å². The summed E-state index contributed by atoms with van der Waals surface area (Å²) < 4.78 is 0.987. The van der Waals surface area contributed by atoms with Gasteiger partial charge in [-0.15, -0.1) is 0 Å². The number of halogens is 1. The van der Waals surface area contributed by atoms with Crippen LogP contribution in [-0.2, 0) is 0 Å². The predicted octanol–water partition coefficient (Wildman–Crippen LogP) is 3.23. The lowest BCUT2D eigenvalue weighted by atomic mass is 10.2. The molecule has 0 atom stereocenters. The van der Waals surface area contributed by atoms with Gasteiger partial charge in [0.25, 0.3) is 0 Å². The molecule has 0 saturated heterocycles. The van der Waals surface area contributed by atoms with Gasteiger partial charge >= 0.3 is 0 Å². The number of rotatable bonds is 3. The van der Waals surface area contributed by atoms with Crippen LogP contribution in [0.2, 0.25) is 0 Å². The van der Waals surface area contributed by atoms with Crippen LogP contribution in [0.3, 0.4) is 0 Å². The van der Waals surface area contributed by atoms with Crippen molar-refractivity contribution in [2.45, 2.75) is 0 Å². The Labute approximate surface area is 129 Å². The fraction of sp³-hybridized carbons (Fsp3) is 0. The third-order valence-corrected chi connectivity index (χ3v) is 3.46. The molecule has 0 aliphatic heterocycles. The van der Waals surface area contributed by atoms with Gasteiger partial charge in [0, 0.05) is 27.3 Å². The zero-order chi connectivity index (χ0) is 14.8. The Balaban J connectivity index is 1.87. The van der Waals surface area contributed by atoms with E-state index < -0.39 is 5.91 Å². The molecule has 0 saturated carbocycles. The maximum Gasteiger partial charge on any atom is 0.248 e. The second-order valence-electron chi connectivity index (χ2n) is 4.46. The Morgan fingerprint density at radius 2 is 1.90 bits per heavy atom. The number of carbonyl (C=O) groups is 1. The summed E-state index contributed by atoms with van der Waals surface area (Å²) in [6, 6.07) is 12.6. The van der Waals surface area contributed by atoms with Crippen LogP contribution in [-0.4, -0.2) is 15.9 Å². The van der Waals surface area contributed by atoms with Crippen LogP contribution in [0.4, 0.5) is 11.6 Å². The smallest absolute Gasteiger partial charge is 0.248 e. The SMILES string of the molecule is NC(=O)c1ccc(Nc2ncc3cc(Br)ccc3n2)cc1. The molecule has 0 fully saturated rings. The molecule has 1 amide bonds. The standard InChI is InChI=1S/C15H11BrN4O/c16-11-3-6-13-10(7-11)8-18-15(20-13)19-12-4-1-9(2-5-12)14(17)21/h1-8H,(H2,17,21)(H,18,19,20). The molecule has 0 aliphatic rings. The largest absolute Gasteiger partial charge is 0.366 e. The second kappa shape index (κ2) is 5.49. The van der Waals surface area contributed by atoms with Crippen molar-refractivity contribution in [2.24, 2.45) is 5.73 Å². The molecule has 0 aliphatic carbocycles. The molecule has 21 heavy (non-hydrogen) atoms. The first-order valence-corrected chi connectivity index (χ1v) is 7.00. The number of nitrogens with zero attached hydrogens (tertiary/aromatic N) is 2. The highest BCUT2D eigenvalue weighted by molar-refractivity contribution is 9.10. The monoisotopic (exact) mass is 342 g/mol. The predicted molar refractivity (Wildman–Crippen MR) is 85.5 cm³/mol. The van der Waals surface area contributed by atoms with Crippen LogP contribution in [0.25, 0.3) is 10.9 Å². The van der Waals surface area contributed by atoms with Gasteiger partial charge in [-0.1, -0.05) is 15.9 Å². The van der Waals surface area contributed by atoms with Crippen molar-refractivity contribution in [2.75, 3.05) is 5.32 Å². The number of nitrogens with two attached hydrogens (primary N) is 1. The van der Waals surface area contributed by atoms with Crippen LogP contribution in [0.1, 0.15) is 10.4 Å². The van der Waals surface area contributed by atoms with E-state index in [-0.39, 0.29) is 0 Å². The summed E-state index contributed by atoms with van der Waals surface area (Å²) in [7, 11) is 0. The van der Waals surface area contributed by atoms with Gasteiger partial charge in [-0.05, 0) is 42.5 Å². The van der Waals surface area contributed by atoms with E-state index in [1.165, 1.54) is 0 Å². The summed E-state index contributed by atoms with van der Waals surface area (Å²) in [5.41, 5.74) is 7.31. The average molecular weight is 343 g/mol. The summed E-state index contributed by atoms with van der Waals surface area (Å²) in [6.07, 6.45) is 1.76. The molecule has 6 heteroatoms. The number of hydrogen-bond acceptors (Lipinski definition) is 4. The number of primary amides is 1. The number of amides is 1. The number of anilines is 2. The Morgan fingerprint density at radius 1 is 1.14 bits per heavy atom. The molecule has 0 radical (unpaired) electrons. The molecule has 0 bridgehead atoms. The fourth-order valence-electron chi connectivity index (χ4n) is 1.91. The molecule has 3 aromatic rings. The second-order valence-corrected chi connectivity index (χ2v) is 5.38. The van der Waals surface area contributed by atoms with Crippen molar-refractivity contribution >= 4 is 44.4 Å². The lowest BCUT2D eigenvalue weighted by Crippen LogP contribution is -2.10. The lowest BCUT2D eigenvalue weighted by molar-refractivity contribution is 0.100. The maximum absolute atomic E-state index is 11.0. The number of hydrogen-bond donors (Lipinski definition) is 2. The van der Waals surface area contributed by atoms with Crippen molar-refractivity contribution in [3.05, 3.63) is 58.7 Å². The Morgan fingerprint density at radius 3 is 2.62 bits per heavy atom. The van der Waals surface area contributed by atoms with Crippen molar-refractivity contribution in [3.63, 3.8) is 0 Å². The van der Waals surface area contributed by atoms with Gasteiger partial charge < -0.3 is 11.1 Å². The van der Waals surface area contributed by atoms with E-state index in [0.717, 1.165) is 21.1 Å². The minimum Gasteiger partial charge on any atom is -0.366 e. The van der Waals surface area contributed by atoms with Crippen LogP contribution in [0, 0.1) is 0 Å². The van der Waals surface area contributed by atoms with Gasteiger partial charge in [0.2, 0.25) is 11.9 Å². The number of nitrogens with one attached hydrogen (secondary N) is 1. The van der Waals surface area contributed by atoms with E-state index in [9.17, 15) is 4.79 Å². The summed E-state index contributed by atoms with van der Waals surface area (Å²) in [5, 5.41) is 4.05. The summed E-state index contributed by atoms with van der Waals surface area (Å²) in [5.74, 6) is 0.0470. The van der Waals surface area contributed by atoms with Gasteiger partial charge in [-0.3, -0.25) is 4.79 Å². The first-order chi connectivity index (χ1) is 10.1. The Bertz CT molecular complexity index is 818. The van der Waals surface area contributed by atoms with Crippen molar-refractivity contribution in [1.82, 2.24) is 9.97 Å². The highest BCUT2D eigenvalue weighted by atomic mass is 79.9. The Kier molecular flexibility index (Phi) is 3.53. The van der Waals surface area contributed by atoms with E-state index in [4.69, 9.17) is 5.73 Å². The van der Waals surface area contributed by atoms with Crippen LogP contribution < -0.4 is 11.1 Å². The highest BCUT2D eigenvalue weighted by Gasteiger charge is 2.03. The van der Waals surface area contributed by atoms with E-state index in [2.05, 4.69) is 31.2 Å². The third-order valence-electron chi connectivity index (χ3n) is 2.97. The minimum absolute atomic E-state index is 0.450. The minimum atomic E-state index is -0.450. The fourth-order valence-corrected chi connectivity index (χ4v) is 2.29. The molecular weight excluding hydrogens is 332 g/mol. The van der Waals surface area contributed by atoms with Gasteiger partial charge in [-0.2, -0.15) is 0 Å². The van der Waals surface area contributed by atoms with Crippen molar-refractivity contribution in [3.8, 4) is 0 Å². The third kappa shape index (κ3) is 3.00. The average Bonchev–Trinajstić information content (AvgIpc) is 2.48. The molecule has 3 rings (SSSR count). The van der Waals surface area contributed by atoms with E-state index in [1.54, 1.807) is 30.5 Å². The Hall–Kier alpha value is -2.47. The molecule has 2 aromatic carbocycles. The molecule has 0 unspecified atom stereocenters. The van der Waals surface area contributed by atoms with Gasteiger partial charge in [0.1, 0.15) is 0 Å². The van der Waals surface area contributed by atoms with E-state index in [0.29, 0.717) is 11.5 Å². The first-order valence-electron chi connectivity index (χ1n) is 6.21. The molecule has 3 N–H and O–H groups in total. The van der Waals surface area contributed by atoms with Crippen molar-refractivity contribution in [1.29, 1.82) is 0 Å². The van der Waals surface area contributed by atoms with Crippen molar-refractivity contribution < 1.29 is 4.79 Å². The van der Waals surface area contributed by atoms with Gasteiger partial charge in [0.05, 0.1) is 5.52 Å². The molecule has 5 nitrogen and oxygen atoms in total. The maximum atomic E-state index is 11.0. The van der Waals surface area contributed by atoms with Gasteiger partial charge in [0.15, 0.2) is 0 Å². The molecule has 1 aromatic heterocycles. The van der Waals surface area contributed by atoms with E-state index >= 15 is 0 Å². The van der Waals surface area contributed by atoms with Crippen LogP contribution in [0.15, 0.2) is 53.1 Å². The zero-order valence-electron chi connectivity index (χ0n) is 10.9. The quantitative estimate of drug-likeness (QED) is 0.765. The number of carbonyl (C=O) groups excluding carboxylic acids is 1. The number of benzene rings is 2. The van der Waals surface area contributed by atoms with Crippen LogP contribution >= 0.6 is 15.9 Å². The molecule has 0 spiro atoms. The summed E-state index contributed by atoms with van der Waals surface area (Å²) in [4.78, 5) is 19.7. The first kappa shape index (κ1) is 13.5. The summed E-state index contributed by atoms with van der Waals surface area (Å²) in [6.45, 7) is 0. The zero-order valence-corrected chi connectivity index (χ0v) is 12.5. The summed E-state index contributed by atoms with van der Waals surface area (Å²) >= 11 is 3.41. The topological polar surface area (TPSA) is 80.9 Å². The lowest BCUT2D eigenvalue weighted by Gasteiger charge is -2.06. The molecule has 104 valence electrons. The highest BCUT2D eigenvalue weighted by Crippen LogP contribution is 2.20. The normalized spacial score (nSPS) is 10.5. The number of fused-ring (bicyclic) bond motifs is 1. The molecule has 1 heterocycles. The van der Waals surface area contributed by atoms with Gasteiger partial charge in [-0.25, -0.2) is 9.97 Å². The van der Waals surface area contributed by atoms with Crippen LogP contribution in [0.5, 0.6) is 0 Å². The number of aromatic nitrogens is 2. The molecular formula is C15H11BrN4O.